The fraction of sp³-hybridized carbons (Fsp3) is 0.364. The highest BCUT2D eigenvalue weighted by Gasteiger charge is 2.10. The first kappa shape index (κ1) is 13.4. The van der Waals surface area contributed by atoms with Crippen LogP contribution in [0.5, 0.6) is 5.75 Å². The van der Waals surface area contributed by atoms with Crippen LogP contribution in [0.15, 0.2) is 12.1 Å². The number of carbonyl (C=O) groups excluding carboxylic acids is 1. The van der Waals surface area contributed by atoms with Crippen molar-refractivity contribution in [2.45, 2.75) is 6.42 Å². The van der Waals surface area contributed by atoms with Crippen LogP contribution in [0.3, 0.4) is 0 Å². The van der Waals surface area contributed by atoms with Gasteiger partial charge in [-0.25, -0.2) is 8.78 Å². The van der Waals surface area contributed by atoms with Crippen molar-refractivity contribution in [2.75, 3.05) is 20.3 Å². The lowest BCUT2D eigenvalue weighted by atomic mass is 10.1. The summed E-state index contributed by atoms with van der Waals surface area (Å²) in [5.41, 5.74) is 0.140. The minimum Gasteiger partial charge on any atom is -0.494 e. The van der Waals surface area contributed by atoms with Crippen LogP contribution in [-0.4, -0.2) is 31.3 Å². The summed E-state index contributed by atoms with van der Waals surface area (Å²) in [5, 5.41) is 10.8. The molecule has 94 valence electrons. The van der Waals surface area contributed by atoms with E-state index in [-0.39, 0.29) is 24.3 Å². The summed E-state index contributed by atoms with van der Waals surface area (Å²) in [6.45, 7) is -0.498. The summed E-state index contributed by atoms with van der Waals surface area (Å²) < 4.78 is 31.3. The molecule has 0 spiro atoms. The minimum atomic E-state index is -0.655. The molecule has 0 saturated heterocycles. The van der Waals surface area contributed by atoms with Crippen LogP contribution in [0.25, 0.3) is 0 Å². The fourth-order valence-corrected chi connectivity index (χ4v) is 1.31. The van der Waals surface area contributed by atoms with Crippen molar-refractivity contribution >= 4 is 5.91 Å². The highest BCUT2D eigenvalue weighted by Crippen LogP contribution is 2.21. The number of carbonyl (C=O) groups is 1. The zero-order chi connectivity index (χ0) is 12.8. The molecular formula is C11H13F2NO3. The van der Waals surface area contributed by atoms with Gasteiger partial charge in [0.15, 0.2) is 11.6 Å². The molecule has 1 aromatic carbocycles. The van der Waals surface area contributed by atoms with Crippen molar-refractivity contribution in [2.24, 2.45) is 0 Å². The molecule has 0 aliphatic carbocycles. The van der Waals surface area contributed by atoms with Gasteiger partial charge in [-0.3, -0.25) is 4.79 Å². The molecule has 0 atom stereocenters. The lowest BCUT2D eigenvalue weighted by Gasteiger charge is -2.07. The average molecular weight is 245 g/mol. The molecule has 0 aliphatic heterocycles. The number of hydrogen-bond acceptors (Lipinski definition) is 3. The van der Waals surface area contributed by atoms with E-state index in [9.17, 15) is 13.6 Å². The molecule has 6 heteroatoms. The highest BCUT2D eigenvalue weighted by molar-refractivity contribution is 5.76. The van der Waals surface area contributed by atoms with Crippen LogP contribution in [0.4, 0.5) is 8.78 Å². The molecule has 4 nitrogen and oxygen atoms in total. The minimum absolute atomic E-state index is 0.127. The molecule has 0 unspecified atom stereocenters. The molecule has 0 radical (unpaired) electrons. The second-order valence-electron chi connectivity index (χ2n) is 3.34. The molecule has 0 heterocycles. The topological polar surface area (TPSA) is 58.6 Å². The van der Waals surface area contributed by atoms with Gasteiger partial charge in [-0.1, -0.05) is 0 Å². The number of aliphatic hydroxyl groups is 1. The van der Waals surface area contributed by atoms with Gasteiger partial charge in [-0.15, -0.1) is 0 Å². The van der Waals surface area contributed by atoms with E-state index in [1.807, 2.05) is 0 Å². The Bertz CT molecular complexity index is 410. The van der Waals surface area contributed by atoms with Gasteiger partial charge in [-0.2, -0.15) is 0 Å². The quantitative estimate of drug-likeness (QED) is 0.799. The molecule has 0 aliphatic rings. The highest BCUT2D eigenvalue weighted by atomic mass is 19.1. The first-order valence-corrected chi connectivity index (χ1v) is 4.98. The van der Waals surface area contributed by atoms with Crippen LogP contribution >= 0.6 is 0 Å². The van der Waals surface area contributed by atoms with E-state index in [0.717, 1.165) is 12.1 Å². The first-order valence-electron chi connectivity index (χ1n) is 4.98. The number of hydrogen-bond donors (Lipinski definition) is 2. The standard InChI is InChI=1S/C11H13F2NO3/c1-17-10-5-8(12)7(4-9(10)13)2-3-14-11(16)6-15/h4-5,15H,2-3,6H2,1H3,(H,14,16). The Balaban J connectivity index is 2.65. The number of nitrogens with one attached hydrogen (secondary N) is 1. The fourth-order valence-electron chi connectivity index (χ4n) is 1.31. The summed E-state index contributed by atoms with van der Waals surface area (Å²) in [6.07, 6.45) is 0.137. The zero-order valence-corrected chi connectivity index (χ0v) is 9.30. The number of methoxy groups -OCH3 is 1. The van der Waals surface area contributed by atoms with Gasteiger partial charge in [0.2, 0.25) is 5.91 Å². The molecule has 0 aromatic heterocycles. The van der Waals surface area contributed by atoms with Crippen LogP contribution in [0.2, 0.25) is 0 Å². The van der Waals surface area contributed by atoms with Gasteiger partial charge in [0, 0.05) is 12.6 Å². The third kappa shape index (κ3) is 3.67. The molecule has 0 bridgehead atoms. The van der Waals surface area contributed by atoms with Crippen molar-refractivity contribution in [1.29, 1.82) is 0 Å². The van der Waals surface area contributed by atoms with Crippen molar-refractivity contribution in [3.05, 3.63) is 29.3 Å². The lowest BCUT2D eigenvalue weighted by molar-refractivity contribution is -0.123. The second-order valence-corrected chi connectivity index (χ2v) is 3.34. The Labute approximate surface area is 97.2 Å². The molecule has 17 heavy (non-hydrogen) atoms. The lowest BCUT2D eigenvalue weighted by Crippen LogP contribution is -2.28. The predicted octanol–water partition coefficient (Wildman–Crippen LogP) is 0.624. The summed E-state index contributed by atoms with van der Waals surface area (Å²) in [4.78, 5) is 10.7. The molecule has 2 N–H and O–H groups in total. The van der Waals surface area contributed by atoms with E-state index < -0.39 is 24.1 Å². The Kier molecular flexibility index (Phi) is 4.84. The molecule has 1 amide bonds. The van der Waals surface area contributed by atoms with Crippen LogP contribution in [0, 0.1) is 11.6 Å². The van der Waals surface area contributed by atoms with E-state index in [1.165, 1.54) is 7.11 Å². The Morgan fingerprint density at radius 2 is 2.12 bits per heavy atom. The molecular weight excluding hydrogens is 232 g/mol. The molecule has 0 saturated carbocycles. The van der Waals surface area contributed by atoms with Gasteiger partial charge in [0.05, 0.1) is 7.11 Å². The Morgan fingerprint density at radius 3 is 2.71 bits per heavy atom. The largest absolute Gasteiger partial charge is 0.494 e. The van der Waals surface area contributed by atoms with Gasteiger partial charge < -0.3 is 15.2 Å². The smallest absolute Gasteiger partial charge is 0.245 e. The first-order chi connectivity index (χ1) is 8.08. The summed E-state index contributed by atoms with van der Waals surface area (Å²) >= 11 is 0. The maximum atomic E-state index is 13.4. The van der Waals surface area contributed by atoms with Crippen molar-refractivity contribution < 1.29 is 23.4 Å². The van der Waals surface area contributed by atoms with E-state index in [4.69, 9.17) is 5.11 Å². The summed E-state index contributed by atoms with van der Waals surface area (Å²) in [5.74, 6) is -1.97. The van der Waals surface area contributed by atoms with Crippen LogP contribution < -0.4 is 10.1 Å². The van der Waals surface area contributed by atoms with Gasteiger partial charge in [-0.05, 0) is 18.1 Å². The third-order valence-electron chi connectivity index (χ3n) is 2.18. The normalized spacial score (nSPS) is 10.1. The number of benzene rings is 1. The van der Waals surface area contributed by atoms with E-state index in [2.05, 4.69) is 10.1 Å². The maximum Gasteiger partial charge on any atom is 0.245 e. The van der Waals surface area contributed by atoms with E-state index in [0.29, 0.717) is 0 Å². The van der Waals surface area contributed by atoms with Crippen molar-refractivity contribution in [1.82, 2.24) is 5.32 Å². The molecule has 1 rings (SSSR count). The maximum absolute atomic E-state index is 13.4. The Hall–Kier alpha value is -1.69. The number of rotatable bonds is 5. The van der Waals surface area contributed by atoms with Gasteiger partial charge in [0.25, 0.3) is 0 Å². The van der Waals surface area contributed by atoms with E-state index >= 15 is 0 Å². The van der Waals surface area contributed by atoms with Crippen molar-refractivity contribution in [3.63, 3.8) is 0 Å². The third-order valence-corrected chi connectivity index (χ3v) is 2.18. The van der Waals surface area contributed by atoms with E-state index in [1.54, 1.807) is 0 Å². The van der Waals surface area contributed by atoms with Crippen LogP contribution in [-0.2, 0) is 11.2 Å². The molecule has 1 aromatic rings. The summed E-state index contributed by atoms with van der Waals surface area (Å²) in [6, 6.07) is 1.98. The predicted molar refractivity (Wildman–Crippen MR) is 56.7 cm³/mol. The number of aliphatic hydroxyl groups excluding tert-OH is 1. The van der Waals surface area contributed by atoms with Crippen LogP contribution in [0.1, 0.15) is 5.56 Å². The van der Waals surface area contributed by atoms with Gasteiger partial charge in [0.1, 0.15) is 12.4 Å². The zero-order valence-electron chi connectivity index (χ0n) is 9.30. The summed E-state index contributed by atoms with van der Waals surface area (Å²) in [7, 11) is 1.25. The SMILES string of the molecule is COc1cc(F)c(CCNC(=O)CO)cc1F. The molecule has 0 fully saturated rings. The number of halogens is 2. The monoisotopic (exact) mass is 245 g/mol. The second kappa shape index (κ2) is 6.15. The number of amides is 1. The Morgan fingerprint density at radius 1 is 1.41 bits per heavy atom. The van der Waals surface area contributed by atoms with Gasteiger partial charge >= 0.3 is 0 Å². The van der Waals surface area contributed by atoms with Crippen molar-refractivity contribution in [3.8, 4) is 5.75 Å². The number of ether oxygens (including phenoxy) is 1. The average Bonchev–Trinajstić information content (AvgIpc) is 2.32.